The molecule has 47 heavy (non-hydrogen) atoms. The van der Waals surface area contributed by atoms with Gasteiger partial charge in [-0.15, -0.1) is 0 Å². The molecule has 2 aromatic heterocycles. The highest BCUT2D eigenvalue weighted by molar-refractivity contribution is 6.07. The second kappa shape index (κ2) is 15.7. The third-order valence-electron chi connectivity index (χ3n) is 8.68. The van der Waals surface area contributed by atoms with Crippen molar-refractivity contribution >= 4 is 16.9 Å². The predicted octanol–water partition coefficient (Wildman–Crippen LogP) is 7.87. The molecule has 250 valence electrons. The highest BCUT2D eigenvalue weighted by atomic mass is 19.4. The second-order valence-corrected chi connectivity index (χ2v) is 11.8. The largest absolute Gasteiger partial charge is 0.416 e. The van der Waals surface area contributed by atoms with Crippen molar-refractivity contribution in [3.63, 3.8) is 0 Å². The van der Waals surface area contributed by atoms with Crippen molar-refractivity contribution in [2.75, 3.05) is 26.2 Å². The quantitative estimate of drug-likeness (QED) is 0.205. The number of amides is 1. The summed E-state index contributed by atoms with van der Waals surface area (Å²) in [5.74, 6) is -0.318. The fraction of sp³-hybridized carbons (Fsp3) is 0.400. The van der Waals surface area contributed by atoms with Crippen LogP contribution < -0.4 is 5.32 Å². The lowest BCUT2D eigenvalue weighted by Gasteiger charge is -2.40. The first kappa shape index (κ1) is 34.3. The molecular formula is C35H37F6N5O. The van der Waals surface area contributed by atoms with Gasteiger partial charge in [-0.25, -0.2) is 4.98 Å². The molecule has 0 saturated carbocycles. The van der Waals surface area contributed by atoms with Gasteiger partial charge in [-0.1, -0.05) is 48.9 Å². The fourth-order valence-corrected chi connectivity index (χ4v) is 6.43. The topological polar surface area (TPSA) is 61.4 Å². The number of pyridine rings is 2. The highest BCUT2D eigenvalue weighted by Crippen LogP contribution is 2.36. The van der Waals surface area contributed by atoms with Crippen LogP contribution in [0.4, 0.5) is 26.3 Å². The van der Waals surface area contributed by atoms with Crippen LogP contribution in [-0.2, 0) is 19.3 Å². The first-order chi connectivity index (χ1) is 22.6. The summed E-state index contributed by atoms with van der Waals surface area (Å²) in [6, 6.07) is 18.9. The molecule has 2 fully saturated rings. The lowest BCUT2D eigenvalue weighted by molar-refractivity contribution is -0.137. The molecule has 2 saturated heterocycles. The van der Waals surface area contributed by atoms with Crippen LogP contribution in [-0.4, -0.2) is 64.6 Å². The maximum Gasteiger partial charge on any atom is 0.416 e. The Bertz CT molecular complexity index is 1620. The van der Waals surface area contributed by atoms with E-state index in [0.29, 0.717) is 52.5 Å². The molecule has 0 atom stereocenters. The number of fused-ring (bicyclic) bond motifs is 1. The first-order valence-electron chi connectivity index (χ1n) is 15.8. The van der Waals surface area contributed by atoms with Crippen LogP contribution in [0, 0.1) is 0 Å². The summed E-state index contributed by atoms with van der Waals surface area (Å²) in [6.45, 7) is 1.03. The summed E-state index contributed by atoms with van der Waals surface area (Å²) in [5, 5.41) is 3.04. The van der Waals surface area contributed by atoms with Gasteiger partial charge in [-0.2, -0.15) is 26.3 Å². The average Bonchev–Trinajstić information content (AvgIpc) is 3.07. The van der Waals surface area contributed by atoms with Crippen LogP contribution in [0.25, 0.3) is 22.3 Å². The number of aromatic nitrogens is 2. The molecule has 6 rings (SSSR count). The van der Waals surface area contributed by atoms with Crippen molar-refractivity contribution in [1.82, 2.24) is 25.1 Å². The van der Waals surface area contributed by atoms with Gasteiger partial charge in [-0.3, -0.25) is 14.7 Å². The molecule has 0 unspecified atom stereocenters. The Morgan fingerprint density at radius 2 is 1.60 bits per heavy atom. The van der Waals surface area contributed by atoms with E-state index < -0.39 is 18.4 Å². The van der Waals surface area contributed by atoms with Crippen molar-refractivity contribution in [3.8, 4) is 11.3 Å². The lowest BCUT2D eigenvalue weighted by Crippen LogP contribution is -2.46. The molecule has 2 aromatic carbocycles. The van der Waals surface area contributed by atoms with E-state index in [1.54, 1.807) is 24.4 Å². The number of hydrogen-bond acceptors (Lipinski definition) is 5. The number of halogens is 6. The Morgan fingerprint density at radius 3 is 2.28 bits per heavy atom. The molecule has 4 heterocycles. The number of hydrogen-bond donors (Lipinski definition) is 1. The van der Waals surface area contributed by atoms with Crippen LogP contribution >= 0.6 is 0 Å². The number of carbonyl (C=O) groups is 1. The van der Waals surface area contributed by atoms with Crippen molar-refractivity contribution in [3.05, 3.63) is 95.2 Å². The number of alkyl halides is 6. The normalized spacial score (nSPS) is 16.6. The fourth-order valence-electron chi connectivity index (χ4n) is 6.43. The Morgan fingerprint density at radius 1 is 0.894 bits per heavy atom. The molecule has 1 N–H and O–H groups in total. The molecule has 12 heteroatoms. The number of rotatable bonds is 7. The summed E-state index contributed by atoms with van der Waals surface area (Å²) < 4.78 is 70.3. The number of piperidine rings is 2. The Balaban J connectivity index is 0.00000103. The number of carbonyl (C=O) groups excluding carboxylic acids is 1. The summed E-state index contributed by atoms with van der Waals surface area (Å²) in [5.41, 5.74) is 2.79. The Hall–Kier alpha value is -4.03. The van der Waals surface area contributed by atoms with Gasteiger partial charge >= 0.3 is 12.9 Å². The van der Waals surface area contributed by atoms with Crippen LogP contribution in [0.15, 0.2) is 72.9 Å². The minimum absolute atomic E-state index is 0.315. The summed E-state index contributed by atoms with van der Waals surface area (Å²) in [4.78, 5) is 28.3. The van der Waals surface area contributed by atoms with Gasteiger partial charge in [0.1, 0.15) is 5.52 Å². The summed E-state index contributed by atoms with van der Waals surface area (Å²) in [7, 11) is 0. The van der Waals surface area contributed by atoms with E-state index in [0.717, 1.165) is 56.7 Å². The minimum Gasteiger partial charge on any atom is -0.348 e. The standard InChI is InChI=1S/C34H36F3N5O.CHF3/c35-34(36,37)26-12-7-11-25(21-26)31-28(23-41-19-14-27(15-20-41)42-17-5-2-6-18-42)30(32-29(40-31)13-8-16-38-32)33(43)39-22-24-9-3-1-4-10-24;2-1(3)4/h1,3-4,7-13,16,21,27H,2,5-6,14-15,17-20,22-23H2,(H,39,43);1H. The molecule has 0 bridgehead atoms. The van der Waals surface area contributed by atoms with Gasteiger partial charge < -0.3 is 10.2 Å². The van der Waals surface area contributed by atoms with Gasteiger partial charge in [0.25, 0.3) is 5.91 Å². The van der Waals surface area contributed by atoms with E-state index in [1.165, 1.54) is 25.3 Å². The molecular weight excluding hydrogens is 620 g/mol. The average molecular weight is 658 g/mol. The number of likely N-dealkylation sites (tertiary alicyclic amines) is 2. The van der Waals surface area contributed by atoms with E-state index in [2.05, 4.69) is 20.1 Å². The van der Waals surface area contributed by atoms with Crippen LogP contribution in [0.5, 0.6) is 0 Å². The Labute approximate surface area is 269 Å². The molecule has 6 nitrogen and oxygen atoms in total. The monoisotopic (exact) mass is 657 g/mol. The zero-order chi connectivity index (χ0) is 33.4. The SMILES string of the molecule is FC(F)F.O=C(NCc1ccccc1)c1c(CN2CCC(N3CCCCC3)CC2)c(-c2cccc(C(F)(F)F)c2)nc2cccnc12. The minimum atomic E-state index is -4.50. The molecule has 4 aromatic rings. The first-order valence-corrected chi connectivity index (χ1v) is 15.8. The van der Waals surface area contributed by atoms with Crippen molar-refractivity contribution < 1.29 is 31.1 Å². The van der Waals surface area contributed by atoms with Gasteiger partial charge in [0.2, 0.25) is 0 Å². The van der Waals surface area contributed by atoms with Crippen LogP contribution in [0.3, 0.4) is 0 Å². The summed E-state index contributed by atoms with van der Waals surface area (Å²) >= 11 is 0. The number of nitrogens with zero attached hydrogens (tertiary/aromatic N) is 4. The summed E-state index contributed by atoms with van der Waals surface area (Å²) in [6.07, 6.45) is 2.96. The molecule has 0 radical (unpaired) electrons. The van der Waals surface area contributed by atoms with E-state index in [-0.39, 0.29) is 5.91 Å². The zero-order valence-corrected chi connectivity index (χ0v) is 25.8. The third kappa shape index (κ3) is 9.07. The van der Waals surface area contributed by atoms with Gasteiger partial charge in [0.05, 0.1) is 22.3 Å². The van der Waals surface area contributed by atoms with Crippen LogP contribution in [0.2, 0.25) is 0 Å². The molecule has 0 aliphatic carbocycles. The third-order valence-corrected chi connectivity index (χ3v) is 8.68. The van der Waals surface area contributed by atoms with E-state index in [4.69, 9.17) is 4.98 Å². The molecule has 0 spiro atoms. The van der Waals surface area contributed by atoms with Crippen molar-refractivity contribution in [2.24, 2.45) is 0 Å². The number of benzene rings is 2. The maximum atomic E-state index is 14.0. The van der Waals surface area contributed by atoms with E-state index in [9.17, 15) is 31.1 Å². The Kier molecular flexibility index (Phi) is 11.5. The zero-order valence-electron chi connectivity index (χ0n) is 25.8. The van der Waals surface area contributed by atoms with Crippen molar-refractivity contribution in [1.29, 1.82) is 0 Å². The molecule has 2 aliphatic rings. The maximum absolute atomic E-state index is 14.0. The van der Waals surface area contributed by atoms with Gasteiger partial charge in [0.15, 0.2) is 0 Å². The van der Waals surface area contributed by atoms with Gasteiger partial charge in [-0.05, 0) is 81.7 Å². The molecule has 1 amide bonds. The molecule has 2 aliphatic heterocycles. The van der Waals surface area contributed by atoms with Crippen molar-refractivity contribution in [2.45, 2.75) is 64.1 Å². The van der Waals surface area contributed by atoms with Gasteiger partial charge in [0, 0.05) is 36.5 Å². The van der Waals surface area contributed by atoms with E-state index in [1.807, 2.05) is 30.3 Å². The van der Waals surface area contributed by atoms with E-state index >= 15 is 0 Å². The number of nitrogens with one attached hydrogen (secondary N) is 1. The smallest absolute Gasteiger partial charge is 0.348 e. The predicted molar refractivity (Wildman–Crippen MR) is 168 cm³/mol. The highest BCUT2D eigenvalue weighted by Gasteiger charge is 2.32. The van der Waals surface area contributed by atoms with Crippen LogP contribution in [0.1, 0.15) is 59.2 Å². The second-order valence-electron chi connectivity index (χ2n) is 11.8. The lowest BCUT2D eigenvalue weighted by atomic mass is 9.95.